The number of aromatic nitrogens is 5. The Labute approximate surface area is 173 Å². The molecule has 3 aromatic heterocycles. The summed E-state index contributed by atoms with van der Waals surface area (Å²) in [6.07, 6.45) is 6.14. The van der Waals surface area contributed by atoms with Crippen LogP contribution in [0.25, 0.3) is 5.65 Å². The van der Waals surface area contributed by atoms with Gasteiger partial charge >= 0.3 is 0 Å². The molecule has 1 saturated heterocycles. The molecule has 0 N–H and O–H groups in total. The van der Waals surface area contributed by atoms with Crippen LogP contribution in [0.4, 0.5) is 11.6 Å². The molecule has 1 aliphatic carbocycles. The summed E-state index contributed by atoms with van der Waals surface area (Å²) >= 11 is 6.37. The van der Waals surface area contributed by atoms with E-state index in [4.69, 9.17) is 22.0 Å². The minimum absolute atomic E-state index is 0.476. The van der Waals surface area contributed by atoms with Gasteiger partial charge in [0.1, 0.15) is 17.7 Å². The smallest absolute Gasteiger partial charge is 0.178 e. The van der Waals surface area contributed by atoms with Crippen LogP contribution < -0.4 is 9.80 Å². The minimum Gasteiger partial charge on any atom is -0.354 e. The summed E-state index contributed by atoms with van der Waals surface area (Å²) in [7, 11) is 0. The highest BCUT2D eigenvalue weighted by atomic mass is 35.5. The molecule has 0 bridgehead atoms. The molecule has 0 radical (unpaired) electrons. The van der Waals surface area contributed by atoms with E-state index in [0.717, 1.165) is 55.7 Å². The van der Waals surface area contributed by atoms with Crippen LogP contribution in [-0.2, 0) is 0 Å². The maximum absolute atomic E-state index is 9.02. The van der Waals surface area contributed by atoms with E-state index < -0.39 is 0 Å². The van der Waals surface area contributed by atoms with E-state index in [9.17, 15) is 0 Å². The Balaban J connectivity index is 1.36. The number of fused-ring (bicyclic) bond motifs is 1. The lowest BCUT2D eigenvalue weighted by atomic mass is 9.85. The predicted octanol–water partition coefficient (Wildman–Crippen LogP) is 3.03. The van der Waals surface area contributed by atoms with Crippen LogP contribution in [0.2, 0.25) is 5.02 Å². The average Bonchev–Trinajstić information content (AvgIpc) is 2.94. The van der Waals surface area contributed by atoms with E-state index >= 15 is 0 Å². The van der Waals surface area contributed by atoms with Crippen LogP contribution in [0.5, 0.6) is 0 Å². The molecule has 1 saturated carbocycles. The number of hydrogen-bond donors (Lipinski definition) is 0. The summed E-state index contributed by atoms with van der Waals surface area (Å²) in [6, 6.07) is 7.78. The average molecular weight is 409 g/mol. The number of nitriles is 1. The first-order valence-electron chi connectivity index (χ1n) is 10.0. The monoisotopic (exact) mass is 408 g/mol. The fourth-order valence-corrected chi connectivity index (χ4v) is 4.25. The Morgan fingerprint density at radius 2 is 1.86 bits per heavy atom. The number of rotatable bonds is 3. The van der Waals surface area contributed by atoms with Crippen molar-refractivity contribution in [1.29, 1.82) is 5.26 Å². The number of nitrogens with zero attached hydrogens (tertiary/aromatic N) is 8. The third kappa shape index (κ3) is 3.36. The lowest BCUT2D eigenvalue weighted by molar-refractivity contribution is 0.395. The van der Waals surface area contributed by atoms with Crippen LogP contribution in [-0.4, -0.2) is 51.0 Å². The fourth-order valence-electron chi connectivity index (χ4n) is 3.97. The van der Waals surface area contributed by atoms with Crippen LogP contribution in [0.3, 0.4) is 0 Å². The van der Waals surface area contributed by atoms with Gasteiger partial charge in [-0.1, -0.05) is 18.0 Å². The highest BCUT2D eigenvalue weighted by Gasteiger charge is 2.26. The van der Waals surface area contributed by atoms with Crippen molar-refractivity contribution in [2.45, 2.75) is 31.6 Å². The molecule has 2 fully saturated rings. The SMILES string of the molecule is N#Cc1cnc(N2CCCN(c3ccc4nnc(C5CCC5)n4n3)CC2)c(Cl)c1. The maximum atomic E-state index is 9.02. The van der Waals surface area contributed by atoms with Crippen molar-refractivity contribution in [2.75, 3.05) is 36.0 Å². The summed E-state index contributed by atoms with van der Waals surface area (Å²) in [5, 5.41) is 23.1. The first kappa shape index (κ1) is 18.1. The zero-order chi connectivity index (χ0) is 19.8. The van der Waals surface area contributed by atoms with Gasteiger partial charge in [0.05, 0.1) is 10.6 Å². The molecule has 3 aromatic rings. The van der Waals surface area contributed by atoms with Gasteiger partial charge in [0.15, 0.2) is 11.5 Å². The van der Waals surface area contributed by atoms with Crippen LogP contribution >= 0.6 is 11.6 Å². The molecule has 0 spiro atoms. The molecule has 4 heterocycles. The number of pyridine rings is 1. The molecule has 0 atom stereocenters. The lowest BCUT2D eigenvalue weighted by Crippen LogP contribution is -2.32. The predicted molar refractivity (Wildman–Crippen MR) is 110 cm³/mol. The van der Waals surface area contributed by atoms with Gasteiger partial charge in [-0.2, -0.15) is 9.78 Å². The molecular formula is C20H21ClN8. The second-order valence-corrected chi connectivity index (χ2v) is 8.02. The molecule has 9 heteroatoms. The molecule has 1 aliphatic heterocycles. The Hall–Kier alpha value is -2.92. The van der Waals surface area contributed by atoms with Gasteiger partial charge in [-0.25, -0.2) is 4.98 Å². The Bertz CT molecular complexity index is 1080. The van der Waals surface area contributed by atoms with Crippen molar-refractivity contribution in [3.63, 3.8) is 0 Å². The van der Waals surface area contributed by atoms with Crippen molar-refractivity contribution in [2.24, 2.45) is 0 Å². The van der Waals surface area contributed by atoms with Gasteiger partial charge in [0, 0.05) is 38.3 Å². The first-order valence-corrected chi connectivity index (χ1v) is 10.4. The number of anilines is 2. The third-order valence-corrected chi connectivity index (χ3v) is 6.09. The van der Waals surface area contributed by atoms with E-state index in [1.165, 1.54) is 19.3 Å². The molecule has 0 aromatic carbocycles. The Morgan fingerprint density at radius 1 is 1.03 bits per heavy atom. The second-order valence-electron chi connectivity index (χ2n) is 7.62. The molecule has 2 aliphatic rings. The molecule has 29 heavy (non-hydrogen) atoms. The van der Waals surface area contributed by atoms with E-state index in [-0.39, 0.29) is 0 Å². The lowest BCUT2D eigenvalue weighted by Gasteiger charge is -2.25. The van der Waals surface area contributed by atoms with E-state index in [1.807, 2.05) is 16.6 Å². The van der Waals surface area contributed by atoms with Crippen molar-refractivity contribution in [3.8, 4) is 6.07 Å². The van der Waals surface area contributed by atoms with Gasteiger partial charge in [-0.3, -0.25) is 0 Å². The van der Waals surface area contributed by atoms with Crippen LogP contribution in [0, 0.1) is 11.3 Å². The van der Waals surface area contributed by atoms with Gasteiger partial charge in [0.25, 0.3) is 0 Å². The summed E-state index contributed by atoms with van der Waals surface area (Å²) in [5.74, 6) is 3.15. The topological polar surface area (TPSA) is 86.2 Å². The molecule has 8 nitrogen and oxygen atoms in total. The summed E-state index contributed by atoms with van der Waals surface area (Å²) in [4.78, 5) is 8.88. The van der Waals surface area contributed by atoms with Crippen molar-refractivity contribution < 1.29 is 0 Å². The van der Waals surface area contributed by atoms with Crippen molar-refractivity contribution in [1.82, 2.24) is 24.8 Å². The molecular weight excluding hydrogens is 388 g/mol. The Morgan fingerprint density at radius 3 is 2.62 bits per heavy atom. The van der Waals surface area contributed by atoms with Crippen LogP contribution in [0.15, 0.2) is 24.4 Å². The summed E-state index contributed by atoms with van der Waals surface area (Å²) in [6.45, 7) is 3.37. The largest absolute Gasteiger partial charge is 0.354 e. The quantitative estimate of drug-likeness (QED) is 0.658. The maximum Gasteiger partial charge on any atom is 0.178 e. The number of hydrogen-bond acceptors (Lipinski definition) is 7. The number of halogens is 1. The standard InChI is InChI=1S/C20H21ClN8/c21-16-11-14(12-22)13-23-20(16)28-8-2-7-27(9-10-28)18-6-5-17-24-25-19(29(17)26-18)15-3-1-4-15/h5-6,11,13,15H,1-4,7-10H2. The van der Waals surface area contributed by atoms with Crippen LogP contribution in [0.1, 0.15) is 43.0 Å². The second kappa shape index (κ2) is 7.48. The van der Waals surface area contributed by atoms with Gasteiger partial charge < -0.3 is 9.80 Å². The zero-order valence-electron chi connectivity index (χ0n) is 16.0. The first-order chi connectivity index (χ1) is 14.2. The summed E-state index contributed by atoms with van der Waals surface area (Å²) < 4.78 is 1.92. The Kier molecular flexibility index (Phi) is 4.68. The van der Waals surface area contributed by atoms with Gasteiger partial charge in [-0.15, -0.1) is 15.3 Å². The fraction of sp³-hybridized carbons (Fsp3) is 0.450. The van der Waals surface area contributed by atoms with Crippen molar-refractivity contribution >= 4 is 28.9 Å². The molecule has 0 unspecified atom stereocenters. The van der Waals surface area contributed by atoms with Crippen molar-refractivity contribution in [3.05, 3.63) is 40.8 Å². The molecule has 148 valence electrons. The molecule has 5 rings (SSSR count). The highest BCUT2D eigenvalue weighted by Crippen LogP contribution is 2.35. The molecule has 0 amide bonds. The third-order valence-electron chi connectivity index (χ3n) is 5.81. The van der Waals surface area contributed by atoms with E-state index in [0.29, 0.717) is 16.5 Å². The summed E-state index contributed by atoms with van der Waals surface area (Å²) in [5.41, 5.74) is 1.28. The van der Waals surface area contributed by atoms with E-state index in [2.05, 4.69) is 31.1 Å². The highest BCUT2D eigenvalue weighted by molar-refractivity contribution is 6.33. The minimum atomic E-state index is 0.476. The van der Waals surface area contributed by atoms with E-state index in [1.54, 1.807) is 12.3 Å². The normalized spacial score (nSPS) is 17.8. The zero-order valence-corrected chi connectivity index (χ0v) is 16.8. The van der Waals surface area contributed by atoms with Gasteiger partial charge in [0.2, 0.25) is 0 Å². The van der Waals surface area contributed by atoms with Gasteiger partial charge in [-0.05, 0) is 37.5 Å².